The maximum Gasteiger partial charge on any atom is 0.278 e. The van der Waals surface area contributed by atoms with Gasteiger partial charge in [0.05, 0.1) is 5.69 Å². The smallest absolute Gasteiger partial charge is 0.278 e. The van der Waals surface area contributed by atoms with Gasteiger partial charge in [0.25, 0.3) is 5.91 Å². The lowest BCUT2D eigenvalue weighted by atomic mass is 10.1. The highest BCUT2D eigenvalue weighted by Gasteiger charge is 2.14. The van der Waals surface area contributed by atoms with Gasteiger partial charge in [0.15, 0.2) is 5.69 Å². The second kappa shape index (κ2) is 4.52. The molecule has 0 spiro atoms. The lowest BCUT2D eigenvalue weighted by molar-refractivity contribution is 0.102. The summed E-state index contributed by atoms with van der Waals surface area (Å²) in [5.41, 5.74) is 9.22. The predicted molar refractivity (Wildman–Crippen MR) is 71.5 cm³/mol. The standard InChI is InChI=1S/C13H16N4O/c1-8-4-5-9(2)11(6-8)15-13(18)12-10(14)7-17(3)16-12/h4-7H,14H2,1-3H3,(H,15,18). The van der Waals surface area contributed by atoms with Crippen LogP contribution in [0.25, 0.3) is 0 Å². The molecule has 3 N–H and O–H groups in total. The minimum Gasteiger partial charge on any atom is -0.396 e. The number of carbonyl (C=O) groups excluding carboxylic acids is 1. The summed E-state index contributed by atoms with van der Waals surface area (Å²) in [7, 11) is 1.73. The lowest BCUT2D eigenvalue weighted by Gasteiger charge is -2.08. The molecule has 0 saturated heterocycles. The number of nitrogens with zero attached hydrogens (tertiary/aromatic N) is 2. The van der Waals surface area contributed by atoms with E-state index in [0.717, 1.165) is 16.8 Å². The first-order valence-corrected chi connectivity index (χ1v) is 5.65. The molecule has 1 amide bonds. The molecule has 0 radical (unpaired) electrons. The predicted octanol–water partition coefficient (Wildman–Crippen LogP) is 1.87. The van der Waals surface area contributed by atoms with Crippen LogP contribution in [0, 0.1) is 13.8 Å². The first kappa shape index (κ1) is 12.2. The van der Waals surface area contributed by atoms with Gasteiger partial charge >= 0.3 is 0 Å². The Kier molecular flexibility index (Phi) is 3.06. The minimum absolute atomic E-state index is 0.249. The maximum atomic E-state index is 12.0. The van der Waals surface area contributed by atoms with Gasteiger partial charge in [-0.25, -0.2) is 0 Å². The SMILES string of the molecule is Cc1ccc(C)c(NC(=O)c2nn(C)cc2N)c1. The highest BCUT2D eigenvalue weighted by molar-refractivity contribution is 6.06. The van der Waals surface area contributed by atoms with E-state index in [9.17, 15) is 4.79 Å². The largest absolute Gasteiger partial charge is 0.396 e. The molecule has 94 valence electrons. The van der Waals surface area contributed by atoms with E-state index >= 15 is 0 Å². The van der Waals surface area contributed by atoms with Crippen LogP contribution in [-0.4, -0.2) is 15.7 Å². The van der Waals surface area contributed by atoms with E-state index in [1.54, 1.807) is 13.2 Å². The Labute approximate surface area is 106 Å². The molecule has 0 atom stereocenters. The fourth-order valence-corrected chi connectivity index (χ4v) is 1.74. The third-order valence-electron chi connectivity index (χ3n) is 2.71. The summed E-state index contributed by atoms with van der Waals surface area (Å²) in [5, 5.41) is 6.86. The van der Waals surface area contributed by atoms with Crippen molar-refractivity contribution in [3.8, 4) is 0 Å². The fraction of sp³-hybridized carbons (Fsp3) is 0.231. The van der Waals surface area contributed by atoms with E-state index in [4.69, 9.17) is 5.73 Å². The Balaban J connectivity index is 2.26. The summed E-state index contributed by atoms with van der Waals surface area (Å²) < 4.78 is 1.52. The zero-order valence-electron chi connectivity index (χ0n) is 10.7. The molecule has 1 heterocycles. The van der Waals surface area contributed by atoms with Crippen molar-refractivity contribution in [2.24, 2.45) is 7.05 Å². The molecule has 0 aliphatic rings. The van der Waals surface area contributed by atoms with E-state index in [0.29, 0.717) is 5.69 Å². The number of hydrogen-bond acceptors (Lipinski definition) is 3. The van der Waals surface area contributed by atoms with Crippen LogP contribution in [0.2, 0.25) is 0 Å². The lowest BCUT2D eigenvalue weighted by Crippen LogP contribution is -2.15. The zero-order valence-corrected chi connectivity index (χ0v) is 10.7. The Hall–Kier alpha value is -2.30. The van der Waals surface area contributed by atoms with Gasteiger partial charge in [0.1, 0.15) is 0 Å². The monoisotopic (exact) mass is 244 g/mol. The number of carbonyl (C=O) groups is 1. The molecule has 5 nitrogen and oxygen atoms in total. The Bertz CT molecular complexity index is 601. The fourth-order valence-electron chi connectivity index (χ4n) is 1.74. The van der Waals surface area contributed by atoms with E-state index < -0.39 is 0 Å². The van der Waals surface area contributed by atoms with Crippen LogP contribution in [0.15, 0.2) is 24.4 Å². The Morgan fingerprint density at radius 3 is 2.72 bits per heavy atom. The van der Waals surface area contributed by atoms with Crippen molar-refractivity contribution in [1.82, 2.24) is 9.78 Å². The molecule has 0 fully saturated rings. The van der Waals surface area contributed by atoms with Crippen LogP contribution in [0.1, 0.15) is 21.6 Å². The first-order valence-electron chi connectivity index (χ1n) is 5.65. The summed E-state index contributed by atoms with van der Waals surface area (Å²) in [4.78, 5) is 12.0. The molecule has 1 aromatic carbocycles. The van der Waals surface area contributed by atoms with Crippen LogP contribution < -0.4 is 11.1 Å². The molecule has 0 unspecified atom stereocenters. The van der Waals surface area contributed by atoms with Crippen LogP contribution in [0.4, 0.5) is 11.4 Å². The number of amides is 1. The van der Waals surface area contributed by atoms with Gasteiger partial charge in [-0.1, -0.05) is 12.1 Å². The molecule has 5 heteroatoms. The summed E-state index contributed by atoms with van der Waals surface area (Å²) in [6.07, 6.45) is 1.61. The molecular formula is C13H16N4O. The molecule has 2 aromatic rings. The Morgan fingerprint density at radius 2 is 2.11 bits per heavy atom. The molecule has 0 bridgehead atoms. The molecule has 2 rings (SSSR count). The highest BCUT2D eigenvalue weighted by atomic mass is 16.2. The molecular weight excluding hydrogens is 228 g/mol. The second-order valence-corrected chi connectivity index (χ2v) is 4.38. The summed E-state index contributed by atoms with van der Waals surface area (Å²) >= 11 is 0. The van der Waals surface area contributed by atoms with Gasteiger partial charge in [-0.15, -0.1) is 0 Å². The van der Waals surface area contributed by atoms with Crippen molar-refractivity contribution in [2.45, 2.75) is 13.8 Å². The Morgan fingerprint density at radius 1 is 1.39 bits per heavy atom. The average molecular weight is 244 g/mol. The number of benzene rings is 1. The van der Waals surface area contributed by atoms with Crippen LogP contribution >= 0.6 is 0 Å². The number of aromatic nitrogens is 2. The quantitative estimate of drug-likeness (QED) is 0.847. The van der Waals surface area contributed by atoms with Crippen molar-refractivity contribution in [2.75, 3.05) is 11.1 Å². The van der Waals surface area contributed by atoms with Crippen molar-refractivity contribution < 1.29 is 4.79 Å². The maximum absolute atomic E-state index is 12.0. The van der Waals surface area contributed by atoms with Gasteiger partial charge < -0.3 is 11.1 Å². The van der Waals surface area contributed by atoms with Crippen molar-refractivity contribution >= 4 is 17.3 Å². The number of hydrogen-bond donors (Lipinski definition) is 2. The normalized spacial score (nSPS) is 10.4. The van der Waals surface area contributed by atoms with Gasteiger partial charge in [-0.3, -0.25) is 9.48 Å². The third-order valence-corrected chi connectivity index (χ3v) is 2.71. The minimum atomic E-state index is -0.290. The van der Waals surface area contributed by atoms with Crippen molar-refractivity contribution in [3.63, 3.8) is 0 Å². The topological polar surface area (TPSA) is 72.9 Å². The van der Waals surface area contributed by atoms with Crippen molar-refractivity contribution in [1.29, 1.82) is 0 Å². The van der Waals surface area contributed by atoms with Crippen LogP contribution in [0.5, 0.6) is 0 Å². The average Bonchev–Trinajstić information content (AvgIpc) is 2.63. The molecule has 0 aliphatic carbocycles. The van der Waals surface area contributed by atoms with Gasteiger partial charge in [-0.2, -0.15) is 5.10 Å². The van der Waals surface area contributed by atoms with E-state index in [1.165, 1.54) is 4.68 Å². The molecule has 0 saturated carbocycles. The number of rotatable bonds is 2. The number of nitrogens with two attached hydrogens (primary N) is 1. The van der Waals surface area contributed by atoms with Crippen LogP contribution in [0.3, 0.4) is 0 Å². The summed E-state index contributed by atoms with van der Waals surface area (Å²) in [6, 6.07) is 5.89. The van der Waals surface area contributed by atoms with Gasteiger partial charge in [-0.05, 0) is 31.0 Å². The zero-order chi connectivity index (χ0) is 13.3. The van der Waals surface area contributed by atoms with Gasteiger partial charge in [0.2, 0.25) is 0 Å². The number of nitrogens with one attached hydrogen (secondary N) is 1. The van der Waals surface area contributed by atoms with Crippen molar-refractivity contribution in [3.05, 3.63) is 41.2 Å². The van der Waals surface area contributed by atoms with Gasteiger partial charge in [0, 0.05) is 18.9 Å². The summed E-state index contributed by atoms with van der Waals surface area (Å²) in [5.74, 6) is -0.290. The number of nitrogen functional groups attached to an aromatic ring is 1. The second-order valence-electron chi connectivity index (χ2n) is 4.38. The van der Waals surface area contributed by atoms with E-state index in [1.807, 2.05) is 32.0 Å². The third kappa shape index (κ3) is 2.34. The molecule has 0 aliphatic heterocycles. The van der Waals surface area contributed by atoms with E-state index in [2.05, 4.69) is 10.4 Å². The number of aryl methyl sites for hydroxylation is 3. The molecule has 1 aromatic heterocycles. The highest BCUT2D eigenvalue weighted by Crippen LogP contribution is 2.18. The van der Waals surface area contributed by atoms with E-state index in [-0.39, 0.29) is 11.6 Å². The first-order chi connectivity index (χ1) is 8.47. The number of anilines is 2. The summed E-state index contributed by atoms with van der Waals surface area (Å²) in [6.45, 7) is 3.92. The molecule has 18 heavy (non-hydrogen) atoms. The van der Waals surface area contributed by atoms with Crippen LogP contribution in [-0.2, 0) is 7.05 Å².